The van der Waals surface area contributed by atoms with Gasteiger partial charge >= 0.3 is 0 Å². The predicted octanol–water partition coefficient (Wildman–Crippen LogP) is -7.42. The summed E-state index contributed by atoms with van der Waals surface area (Å²) in [6.45, 7) is 0. The van der Waals surface area contributed by atoms with E-state index in [2.05, 4.69) is 0 Å². The van der Waals surface area contributed by atoms with Crippen LogP contribution in [-0.4, -0.2) is 49.3 Å². The molecule has 0 aliphatic heterocycles. The summed E-state index contributed by atoms with van der Waals surface area (Å²) in [7, 11) is 0. The largest absolute Gasteiger partial charge is 0.412 e. The van der Waals surface area contributed by atoms with Crippen molar-refractivity contribution in [3.05, 3.63) is 0 Å². The summed E-state index contributed by atoms with van der Waals surface area (Å²) in [4.78, 5) is 0. The second kappa shape index (κ2) is 5200. The van der Waals surface area contributed by atoms with Crippen LogP contribution in [0, 0.1) is 0 Å². The first-order valence-corrected chi connectivity index (χ1v) is 0. The molecule has 0 rings (SSSR count). The number of hydrogen-bond acceptors (Lipinski definition) is 0. The smallest absolute Gasteiger partial charge is 0 e. The molecule has 0 aliphatic rings. The van der Waals surface area contributed by atoms with E-state index >= 15 is 0 Å². The standard InChI is InChI=1S/9H2O.Ti/h9*1H2;. The molecule has 10 heteroatoms. The van der Waals surface area contributed by atoms with Crippen LogP contribution in [0.15, 0.2) is 0 Å². The third-order valence-corrected chi connectivity index (χ3v) is 0. The Morgan fingerprint density at radius 2 is 0.200 bits per heavy atom. The molecule has 0 spiro atoms. The Bertz CT molecular complexity index is 4.69. The molecule has 0 fully saturated rings. The van der Waals surface area contributed by atoms with E-state index < -0.39 is 0 Å². The summed E-state index contributed by atoms with van der Waals surface area (Å²) >= 11 is 0. The summed E-state index contributed by atoms with van der Waals surface area (Å²) < 4.78 is 0. The van der Waals surface area contributed by atoms with E-state index in [4.69, 9.17) is 0 Å². The molecule has 0 atom stereocenters. The quantitative estimate of drug-likeness (QED) is 0.336. The van der Waals surface area contributed by atoms with Crippen molar-refractivity contribution >= 4 is 0 Å². The third kappa shape index (κ3) is 3600. The van der Waals surface area contributed by atoms with Gasteiger partial charge in [-0.15, -0.1) is 0 Å². The van der Waals surface area contributed by atoms with Crippen molar-refractivity contribution in [3.63, 3.8) is 0 Å². The van der Waals surface area contributed by atoms with Gasteiger partial charge in [-0.1, -0.05) is 0 Å². The van der Waals surface area contributed by atoms with Gasteiger partial charge in [-0.2, -0.15) is 0 Å². The summed E-state index contributed by atoms with van der Waals surface area (Å²) in [5.41, 5.74) is 0. The van der Waals surface area contributed by atoms with Crippen molar-refractivity contribution in [3.8, 4) is 0 Å². The van der Waals surface area contributed by atoms with Crippen LogP contribution in [0.5, 0.6) is 0 Å². The van der Waals surface area contributed by atoms with Crippen molar-refractivity contribution in [1.82, 2.24) is 0 Å². The molecule has 9 nitrogen and oxygen atoms in total. The van der Waals surface area contributed by atoms with Gasteiger partial charge in [0.05, 0.1) is 0 Å². The van der Waals surface area contributed by atoms with Crippen LogP contribution in [-0.2, 0) is 21.7 Å². The minimum atomic E-state index is 0. The van der Waals surface area contributed by atoms with E-state index in [1.165, 1.54) is 0 Å². The van der Waals surface area contributed by atoms with Gasteiger partial charge in [0.2, 0.25) is 0 Å². The monoisotopic (exact) mass is 210 g/mol. The fraction of sp³-hybridized carbons (Fsp3) is 0. The minimum absolute atomic E-state index is 0. The Morgan fingerprint density at radius 1 is 0.200 bits per heavy atom. The Labute approximate surface area is 71.7 Å². The van der Waals surface area contributed by atoms with Gasteiger partial charge in [-0.05, 0) is 0 Å². The summed E-state index contributed by atoms with van der Waals surface area (Å²) in [5, 5.41) is 0. The van der Waals surface area contributed by atoms with Crippen LogP contribution >= 0.6 is 0 Å². The van der Waals surface area contributed by atoms with Gasteiger partial charge in [0.15, 0.2) is 0 Å². The third-order valence-electron chi connectivity index (χ3n) is 0. The van der Waals surface area contributed by atoms with Crippen LogP contribution in [0.25, 0.3) is 0 Å². The Hall–Kier alpha value is 0.354. The van der Waals surface area contributed by atoms with Gasteiger partial charge in [0.25, 0.3) is 0 Å². The van der Waals surface area contributed by atoms with Crippen LogP contribution in [0.4, 0.5) is 0 Å². The van der Waals surface area contributed by atoms with Crippen LogP contribution < -0.4 is 0 Å². The molecule has 18 N–H and O–H groups in total. The Kier molecular flexibility index (Phi) is 3750000. The zero-order chi connectivity index (χ0) is 0. The van der Waals surface area contributed by atoms with Gasteiger partial charge in [-0.3, -0.25) is 0 Å². The molecule has 76 valence electrons. The average Bonchev–Trinajstić information content (AvgIpc) is 0. The Balaban J connectivity index is 0. The molecule has 10 heavy (non-hydrogen) atoms. The van der Waals surface area contributed by atoms with E-state index in [9.17, 15) is 0 Å². The van der Waals surface area contributed by atoms with Gasteiger partial charge < -0.3 is 49.3 Å². The maximum absolute atomic E-state index is 0. The zero-order valence-electron chi connectivity index (χ0n) is 5.00. The normalized spacial score (nSPS) is 0. The molecule has 0 unspecified atom stereocenters. The van der Waals surface area contributed by atoms with Gasteiger partial charge in [0.1, 0.15) is 0 Å². The minimum Gasteiger partial charge on any atom is -0.412 e. The van der Waals surface area contributed by atoms with Crippen molar-refractivity contribution in [2.24, 2.45) is 0 Å². The molecular weight excluding hydrogens is 192 g/mol. The molecule has 0 bridgehead atoms. The molecule has 0 aromatic carbocycles. The van der Waals surface area contributed by atoms with Crippen LogP contribution in [0.1, 0.15) is 0 Å². The zero-order valence-corrected chi connectivity index (χ0v) is 6.56. The van der Waals surface area contributed by atoms with E-state index in [0.29, 0.717) is 0 Å². The Morgan fingerprint density at radius 3 is 0.200 bits per heavy atom. The van der Waals surface area contributed by atoms with Crippen molar-refractivity contribution < 1.29 is 71.0 Å². The van der Waals surface area contributed by atoms with E-state index in [1.54, 1.807) is 0 Å². The molecule has 0 heterocycles. The molecule has 0 aliphatic carbocycles. The van der Waals surface area contributed by atoms with Gasteiger partial charge in [0, 0.05) is 21.7 Å². The molecule has 0 saturated carbocycles. The molecule has 0 amide bonds. The molecule has 0 radical (unpaired) electrons. The summed E-state index contributed by atoms with van der Waals surface area (Å²) in [6, 6.07) is 0. The fourth-order valence-corrected chi connectivity index (χ4v) is 0. The topological polar surface area (TPSA) is 284 Å². The average molecular weight is 210 g/mol. The first-order chi connectivity index (χ1) is 0. The fourth-order valence-electron chi connectivity index (χ4n) is 0. The molecule has 0 aromatic rings. The first kappa shape index (κ1) is 7220. The van der Waals surface area contributed by atoms with E-state index in [0.717, 1.165) is 0 Å². The van der Waals surface area contributed by atoms with Gasteiger partial charge in [-0.25, -0.2) is 0 Å². The maximum atomic E-state index is 0. The number of hydrogen-bond donors (Lipinski definition) is 0. The second-order valence-electron chi connectivity index (χ2n) is 0. The predicted molar refractivity (Wildman–Crippen MR) is 32.5 cm³/mol. The van der Waals surface area contributed by atoms with Crippen LogP contribution in [0.2, 0.25) is 0 Å². The van der Waals surface area contributed by atoms with Crippen molar-refractivity contribution in [1.29, 1.82) is 0 Å². The van der Waals surface area contributed by atoms with E-state index in [1.807, 2.05) is 0 Å². The van der Waals surface area contributed by atoms with Crippen molar-refractivity contribution in [2.45, 2.75) is 0 Å². The van der Waals surface area contributed by atoms with E-state index in [-0.39, 0.29) is 71.0 Å². The summed E-state index contributed by atoms with van der Waals surface area (Å²) in [5.74, 6) is 0. The second-order valence-corrected chi connectivity index (χ2v) is 0. The summed E-state index contributed by atoms with van der Waals surface area (Å²) in [6.07, 6.45) is 0. The maximum Gasteiger partial charge on any atom is 0 e. The first-order valence-electron chi connectivity index (χ1n) is 0. The van der Waals surface area contributed by atoms with Crippen molar-refractivity contribution in [2.75, 3.05) is 0 Å². The molecular formula is H18O9Ti. The SMILES string of the molecule is O.O.O.O.O.O.O.O.O.[Ti]. The van der Waals surface area contributed by atoms with Crippen LogP contribution in [0.3, 0.4) is 0 Å². The number of rotatable bonds is 0. The molecule has 0 saturated heterocycles. The molecule has 0 aromatic heterocycles.